The number of carbonyl (C=O) groups excluding carboxylic acids is 1. The molecule has 1 aliphatic carbocycles. The normalized spacial score (nSPS) is 26.3. The highest BCUT2D eigenvalue weighted by Gasteiger charge is 2.26. The lowest BCUT2D eigenvalue weighted by Crippen LogP contribution is -2.49. The van der Waals surface area contributed by atoms with Crippen LogP contribution in [0.4, 0.5) is 4.79 Å². The molecule has 1 saturated carbocycles. The number of urea groups is 1. The Labute approximate surface area is 112 Å². The Hall–Kier alpha value is -1.34. The molecule has 1 fully saturated rings. The molecule has 0 radical (unpaired) electrons. The highest BCUT2D eigenvalue weighted by molar-refractivity contribution is 5.74. The largest absolute Gasteiger partial charge is 0.481 e. The van der Waals surface area contributed by atoms with Gasteiger partial charge in [-0.25, -0.2) is 4.79 Å². The zero-order valence-corrected chi connectivity index (χ0v) is 11.1. The van der Waals surface area contributed by atoms with Gasteiger partial charge in [-0.05, 0) is 32.6 Å². The van der Waals surface area contributed by atoms with E-state index in [1.807, 2.05) is 0 Å². The van der Waals surface area contributed by atoms with Crippen LogP contribution >= 0.6 is 0 Å². The number of aliphatic hydroxyl groups is 2. The number of hydrogen-bond acceptors (Lipinski definition) is 4. The van der Waals surface area contributed by atoms with E-state index in [0.717, 1.165) is 12.8 Å². The van der Waals surface area contributed by atoms with Gasteiger partial charge in [-0.3, -0.25) is 4.79 Å². The van der Waals surface area contributed by atoms with E-state index in [0.29, 0.717) is 12.8 Å². The van der Waals surface area contributed by atoms with Gasteiger partial charge in [0.15, 0.2) is 0 Å². The summed E-state index contributed by atoms with van der Waals surface area (Å²) in [5.41, 5.74) is -1.47. The zero-order chi connectivity index (χ0) is 14.5. The van der Waals surface area contributed by atoms with Gasteiger partial charge in [0.1, 0.15) is 0 Å². The summed E-state index contributed by atoms with van der Waals surface area (Å²) in [5, 5.41) is 32.9. The third kappa shape index (κ3) is 6.40. The Kier molecular flexibility index (Phi) is 5.56. The predicted octanol–water partition coefficient (Wildman–Crippen LogP) is -0.185. The van der Waals surface area contributed by atoms with Crippen molar-refractivity contribution in [3.8, 4) is 0 Å². The van der Waals surface area contributed by atoms with Crippen molar-refractivity contribution >= 4 is 12.0 Å². The van der Waals surface area contributed by atoms with Crippen LogP contribution in [0.1, 0.15) is 39.0 Å². The Morgan fingerprint density at radius 2 is 1.84 bits per heavy atom. The van der Waals surface area contributed by atoms with Crippen LogP contribution in [0.15, 0.2) is 0 Å². The fourth-order valence-corrected chi connectivity index (χ4v) is 2.12. The van der Waals surface area contributed by atoms with E-state index in [1.165, 1.54) is 6.92 Å². The number of aliphatic carboxylic acids is 1. The molecule has 0 bridgehead atoms. The van der Waals surface area contributed by atoms with Crippen molar-refractivity contribution in [1.29, 1.82) is 0 Å². The first kappa shape index (κ1) is 15.7. The van der Waals surface area contributed by atoms with Crippen molar-refractivity contribution in [1.82, 2.24) is 10.6 Å². The number of aliphatic hydroxyl groups excluding tert-OH is 1. The van der Waals surface area contributed by atoms with Crippen molar-refractivity contribution in [3.63, 3.8) is 0 Å². The number of nitrogens with one attached hydrogen (secondary N) is 2. The summed E-state index contributed by atoms with van der Waals surface area (Å²) in [6, 6.07) is -0.403. The Bertz CT molecular complexity index is 324. The van der Waals surface area contributed by atoms with Gasteiger partial charge in [0.05, 0.1) is 18.1 Å². The highest BCUT2D eigenvalue weighted by Crippen LogP contribution is 2.18. The summed E-state index contributed by atoms with van der Waals surface area (Å²) in [4.78, 5) is 22.1. The lowest BCUT2D eigenvalue weighted by Gasteiger charge is -2.27. The van der Waals surface area contributed by atoms with Gasteiger partial charge in [0.2, 0.25) is 0 Å². The molecule has 0 saturated heterocycles. The first-order valence-corrected chi connectivity index (χ1v) is 6.45. The van der Waals surface area contributed by atoms with Gasteiger partial charge in [0.25, 0.3) is 0 Å². The van der Waals surface area contributed by atoms with Crippen LogP contribution in [0.25, 0.3) is 0 Å². The van der Waals surface area contributed by atoms with E-state index >= 15 is 0 Å². The number of rotatable bonds is 5. The van der Waals surface area contributed by atoms with Crippen molar-refractivity contribution in [3.05, 3.63) is 0 Å². The van der Waals surface area contributed by atoms with Crippen LogP contribution in [0, 0.1) is 0 Å². The average Bonchev–Trinajstić information content (AvgIpc) is 2.28. The standard InChI is InChI=1S/C12H22N2O5/c1-12(19,6-10(16)17)7-13-11(18)14-8-2-4-9(15)5-3-8/h8-9,15,19H,2-7H2,1H3,(H,16,17)(H2,13,14,18). The van der Waals surface area contributed by atoms with Crippen molar-refractivity contribution in [2.24, 2.45) is 0 Å². The zero-order valence-electron chi connectivity index (χ0n) is 11.1. The van der Waals surface area contributed by atoms with Gasteiger partial charge >= 0.3 is 12.0 Å². The summed E-state index contributed by atoms with van der Waals surface area (Å²) >= 11 is 0. The van der Waals surface area contributed by atoms with Crippen molar-refractivity contribution in [2.45, 2.75) is 56.8 Å². The molecule has 1 rings (SSSR count). The van der Waals surface area contributed by atoms with Crippen LogP contribution in [0.2, 0.25) is 0 Å². The van der Waals surface area contributed by atoms with Gasteiger partial charge < -0.3 is 26.0 Å². The molecule has 19 heavy (non-hydrogen) atoms. The maximum Gasteiger partial charge on any atom is 0.315 e. The molecule has 1 atom stereocenters. The lowest BCUT2D eigenvalue weighted by molar-refractivity contribution is -0.141. The fourth-order valence-electron chi connectivity index (χ4n) is 2.12. The number of carboxylic acid groups (broad SMARTS) is 1. The minimum atomic E-state index is -1.47. The lowest BCUT2D eigenvalue weighted by atomic mass is 9.93. The minimum Gasteiger partial charge on any atom is -0.481 e. The second-order valence-electron chi connectivity index (χ2n) is 5.40. The molecule has 110 valence electrons. The fraction of sp³-hybridized carbons (Fsp3) is 0.833. The summed E-state index contributed by atoms with van der Waals surface area (Å²) in [7, 11) is 0. The Morgan fingerprint density at radius 1 is 1.26 bits per heavy atom. The van der Waals surface area contributed by atoms with E-state index in [-0.39, 0.29) is 18.7 Å². The summed E-state index contributed by atoms with van der Waals surface area (Å²) in [6.45, 7) is 1.23. The molecule has 0 aliphatic heterocycles. The maximum atomic E-state index is 11.6. The molecule has 0 heterocycles. The predicted molar refractivity (Wildman–Crippen MR) is 67.7 cm³/mol. The SMILES string of the molecule is CC(O)(CNC(=O)NC1CCC(O)CC1)CC(=O)O. The number of carboxylic acids is 1. The van der Waals surface area contributed by atoms with Crippen LogP contribution in [0.5, 0.6) is 0 Å². The second-order valence-corrected chi connectivity index (χ2v) is 5.40. The summed E-state index contributed by atoms with van der Waals surface area (Å²) < 4.78 is 0. The van der Waals surface area contributed by atoms with Crippen LogP contribution < -0.4 is 10.6 Å². The smallest absolute Gasteiger partial charge is 0.315 e. The summed E-state index contributed by atoms with van der Waals surface area (Å²) in [5.74, 6) is -1.12. The molecule has 0 spiro atoms. The molecule has 0 aromatic carbocycles. The first-order valence-electron chi connectivity index (χ1n) is 6.45. The van der Waals surface area contributed by atoms with Gasteiger partial charge in [0, 0.05) is 12.6 Å². The van der Waals surface area contributed by atoms with Gasteiger partial charge in [-0.2, -0.15) is 0 Å². The molecule has 0 aromatic rings. The molecule has 5 N–H and O–H groups in total. The average molecular weight is 274 g/mol. The molecule has 1 unspecified atom stereocenters. The third-order valence-electron chi connectivity index (χ3n) is 3.19. The summed E-state index contributed by atoms with van der Waals surface area (Å²) in [6.07, 6.45) is 2.07. The topological polar surface area (TPSA) is 119 Å². The molecular weight excluding hydrogens is 252 g/mol. The monoisotopic (exact) mass is 274 g/mol. The van der Waals surface area contributed by atoms with Crippen molar-refractivity contribution in [2.75, 3.05) is 6.54 Å². The maximum absolute atomic E-state index is 11.6. The van der Waals surface area contributed by atoms with Crippen LogP contribution in [-0.2, 0) is 4.79 Å². The Balaban J connectivity index is 2.26. The van der Waals surface area contributed by atoms with E-state index in [9.17, 15) is 19.8 Å². The number of amides is 2. The van der Waals surface area contributed by atoms with E-state index in [2.05, 4.69) is 10.6 Å². The molecule has 7 heteroatoms. The second kappa shape index (κ2) is 6.72. The van der Waals surface area contributed by atoms with Crippen LogP contribution in [-0.4, -0.2) is 51.6 Å². The quantitative estimate of drug-likeness (QED) is 0.476. The van der Waals surface area contributed by atoms with E-state index < -0.39 is 24.0 Å². The first-order chi connectivity index (χ1) is 8.78. The molecule has 2 amide bonds. The highest BCUT2D eigenvalue weighted by atomic mass is 16.4. The molecular formula is C12H22N2O5. The number of hydrogen-bond donors (Lipinski definition) is 5. The number of carbonyl (C=O) groups is 2. The molecule has 7 nitrogen and oxygen atoms in total. The molecule has 0 aromatic heterocycles. The molecule has 1 aliphatic rings. The van der Waals surface area contributed by atoms with E-state index in [4.69, 9.17) is 5.11 Å². The van der Waals surface area contributed by atoms with E-state index in [1.54, 1.807) is 0 Å². The van der Waals surface area contributed by atoms with Crippen molar-refractivity contribution < 1.29 is 24.9 Å². The van der Waals surface area contributed by atoms with Gasteiger partial charge in [-0.15, -0.1) is 0 Å². The Morgan fingerprint density at radius 3 is 2.37 bits per heavy atom. The minimum absolute atomic E-state index is 0.0211. The van der Waals surface area contributed by atoms with Gasteiger partial charge in [-0.1, -0.05) is 0 Å². The van der Waals surface area contributed by atoms with Crippen LogP contribution in [0.3, 0.4) is 0 Å². The third-order valence-corrected chi connectivity index (χ3v) is 3.19.